The number of rotatable bonds is 11. The minimum absolute atomic E-state index is 0.0203. The van der Waals surface area contributed by atoms with E-state index in [1.54, 1.807) is 52.1 Å². The van der Waals surface area contributed by atoms with Crippen LogP contribution in [0.3, 0.4) is 0 Å². The molecule has 4 heteroatoms. The zero-order valence-corrected chi connectivity index (χ0v) is 40.5. The third-order valence-electron chi connectivity index (χ3n) is 13.1. The molecule has 0 spiro atoms. The van der Waals surface area contributed by atoms with Crippen molar-refractivity contribution in [2.45, 2.75) is 112 Å². The van der Waals surface area contributed by atoms with Crippen LogP contribution >= 0.6 is 0 Å². The van der Waals surface area contributed by atoms with Crippen LogP contribution in [0.1, 0.15) is 152 Å². The Hall–Kier alpha value is -7.04. The molecule has 0 bridgehead atoms. The van der Waals surface area contributed by atoms with Crippen molar-refractivity contribution in [3.63, 3.8) is 0 Å². The van der Waals surface area contributed by atoms with Gasteiger partial charge in [0, 0.05) is 36.5 Å². The number of aromatic hydroxyl groups is 1. The summed E-state index contributed by atoms with van der Waals surface area (Å²) in [5, 5.41) is 12.4. The maximum Gasteiger partial charge on any atom is 0.149 e. The molecular formula is C65H67N3O. The Morgan fingerprint density at radius 3 is 1.86 bits per heavy atom. The van der Waals surface area contributed by atoms with Gasteiger partial charge in [-0.1, -0.05) is 173 Å². The highest BCUT2D eigenvalue weighted by atomic mass is 16.3. The molecule has 4 nitrogen and oxygen atoms in total. The van der Waals surface area contributed by atoms with Crippen LogP contribution < -0.4 is 0 Å². The fraction of sp³-hybridized carbons (Fsp3) is 0.262. The van der Waals surface area contributed by atoms with Crippen LogP contribution in [0.4, 0.5) is 0 Å². The van der Waals surface area contributed by atoms with Crippen LogP contribution in [0.15, 0.2) is 158 Å². The number of para-hydroxylation sites is 1. The van der Waals surface area contributed by atoms with Crippen molar-refractivity contribution in [3.05, 3.63) is 191 Å². The van der Waals surface area contributed by atoms with E-state index >= 15 is 0 Å². The summed E-state index contributed by atoms with van der Waals surface area (Å²) in [5.41, 5.74) is 8.18. The average Bonchev–Trinajstić information content (AvgIpc) is 1.47. The molecular weight excluding hydrogens is 839 g/mol. The van der Waals surface area contributed by atoms with Crippen LogP contribution in [0.2, 0.25) is 0 Å². The molecule has 0 aliphatic carbocycles. The number of pyridine rings is 1. The third kappa shape index (κ3) is 9.42. The van der Waals surface area contributed by atoms with E-state index in [1.807, 2.05) is 122 Å². The topological polar surface area (TPSA) is 50.9 Å². The normalized spacial score (nSPS) is 16.1. The van der Waals surface area contributed by atoms with Gasteiger partial charge in [-0.3, -0.25) is 9.55 Å². The van der Waals surface area contributed by atoms with E-state index in [0.717, 1.165) is 22.3 Å². The summed E-state index contributed by atoms with van der Waals surface area (Å²) in [6.07, 6.45) is 1.62. The standard InChI is InChI=1S/C65H67N3O/c1-39(2)48-30-49(40(3)4)32-52(31-48)46-23-26-60(43(9)29-46)68-61-20-16-19-56(62(61)67-64(68)58-37-50(41(5)6)36-57(42(7)8)63(58)69)53-33-51(44-17-14-13-15-18-44)34-54(35-53)59-38-47(27-28-66-59)45-21-24-55(25-22-45)65(10,11)12/h13-42,69H,1-12H3/i9D3,10D3,11D3,12D3,39D,40D. The molecule has 0 saturated heterocycles. The highest BCUT2D eigenvalue weighted by molar-refractivity contribution is 5.98. The molecule has 7 aromatic carbocycles. The van der Waals surface area contributed by atoms with Crippen LogP contribution in [0, 0.1) is 6.85 Å². The van der Waals surface area contributed by atoms with Gasteiger partial charge >= 0.3 is 0 Å². The van der Waals surface area contributed by atoms with Crippen LogP contribution in [0.25, 0.3) is 83.9 Å². The summed E-state index contributed by atoms with van der Waals surface area (Å²) in [5.74, 6) is -1.73. The number of imidazole rings is 1. The number of aryl methyl sites for hydroxylation is 1. The Morgan fingerprint density at radius 2 is 1.19 bits per heavy atom. The molecule has 2 heterocycles. The first kappa shape index (κ1) is 32.7. The lowest BCUT2D eigenvalue weighted by atomic mass is 9.86. The average molecular weight is 920 g/mol. The van der Waals surface area contributed by atoms with Crippen molar-refractivity contribution in [3.8, 4) is 78.6 Å². The van der Waals surface area contributed by atoms with E-state index in [2.05, 4.69) is 19.9 Å². The van der Waals surface area contributed by atoms with Gasteiger partial charge in [0.2, 0.25) is 0 Å². The SMILES string of the molecule is [2H]C([2H])([2H])c1cc(-c2cc(C([2H])(C)C)cc(C([2H])(C)C)c2)ccc1-n1c(-c2cc(C(C)C)cc(C(C)C)c2O)nc2c(-c3cc(-c4ccccc4)cc(-c4cc(-c5ccc(C(C([2H])([2H])[2H])(C([2H])([2H])[2H])C([2H])([2H])[2H])cc5)ccn4)c3)cccc21. The van der Waals surface area contributed by atoms with E-state index in [9.17, 15) is 5.11 Å². The second-order valence-electron chi connectivity index (χ2n) is 19.2. The van der Waals surface area contributed by atoms with Crippen molar-refractivity contribution < 1.29 is 24.3 Å². The fourth-order valence-electron chi connectivity index (χ4n) is 9.07. The van der Waals surface area contributed by atoms with Crippen molar-refractivity contribution in [2.75, 3.05) is 0 Å². The molecule has 9 aromatic rings. The quantitative estimate of drug-likeness (QED) is 0.141. The zero-order chi connectivity index (χ0) is 60.7. The van der Waals surface area contributed by atoms with E-state index in [4.69, 9.17) is 29.2 Å². The Balaban J connectivity index is 1.28. The maximum absolute atomic E-state index is 12.4. The number of hydrogen-bond donors (Lipinski definition) is 1. The lowest BCUT2D eigenvalue weighted by Gasteiger charge is -2.19. The van der Waals surface area contributed by atoms with Crippen LogP contribution in [-0.4, -0.2) is 19.6 Å². The molecule has 0 atom stereocenters. The Kier molecular flexibility index (Phi) is 8.90. The van der Waals surface area contributed by atoms with Gasteiger partial charge in [-0.2, -0.15) is 0 Å². The van der Waals surface area contributed by atoms with Gasteiger partial charge in [-0.15, -0.1) is 0 Å². The highest BCUT2D eigenvalue weighted by Crippen LogP contribution is 2.44. The van der Waals surface area contributed by atoms with Gasteiger partial charge < -0.3 is 5.11 Å². The van der Waals surface area contributed by atoms with Crippen molar-refractivity contribution in [2.24, 2.45) is 0 Å². The van der Waals surface area contributed by atoms with Crippen LogP contribution in [0.5, 0.6) is 5.75 Å². The minimum Gasteiger partial charge on any atom is -0.507 e. The Labute approximate surface area is 430 Å². The van der Waals surface area contributed by atoms with Crippen molar-refractivity contribution >= 4 is 11.0 Å². The maximum atomic E-state index is 12.4. The van der Waals surface area contributed by atoms with Gasteiger partial charge in [0.1, 0.15) is 11.6 Å². The Bertz CT molecular complexity index is 3830. The number of benzene rings is 7. The molecule has 1 N–H and O–H groups in total. The molecule has 0 aliphatic rings. The van der Waals surface area contributed by atoms with Crippen LogP contribution in [-0.2, 0) is 5.41 Å². The second-order valence-corrected chi connectivity index (χ2v) is 19.2. The summed E-state index contributed by atoms with van der Waals surface area (Å²) >= 11 is 0. The first-order valence-corrected chi connectivity index (χ1v) is 23.5. The van der Waals surface area contributed by atoms with Crippen molar-refractivity contribution in [1.82, 2.24) is 14.5 Å². The predicted molar refractivity (Wildman–Crippen MR) is 293 cm³/mol. The molecule has 9 rings (SSSR count). The van der Waals surface area contributed by atoms with Gasteiger partial charge in [-0.05, 0) is 163 Å². The fourth-order valence-corrected chi connectivity index (χ4v) is 9.07. The summed E-state index contributed by atoms with van der Waals surface area (Å²) in [4.78, 5) is 10.3. The molecule has 0 fully saturated rings. The molecule has 0 unspecified atom stereocenters. The van der Waals surface area contributed by atoms with E-state index < -0.39 is 44.6 Å². The molecule has 0 saturated carbocycles. The molecule has 0 radical (unpaired) electrons. The van der Waals surface area contributed by atoms with Gasteiger partial charge in [0.05, 0.1) is 28.0 Å². The summed E-state index contributed by atoms with van der Waals surface area (Å²) in [6, 6.07) is 45.6. The molecule has 2 aromatic heterocycles. The smallest absolute Gasteiger partial charge is 0.149 e. The first-order chi connectivity index (χ1) is 38.5. The van der Waals surface area contributed by atoms with E-state index in [-0.39, 0.29) is 28.7 Å². The molecule has 0 aliphatic heterocycles. The van der Waals surface area contributed by atoms with Gasteiger partial charge in [0.25, 0.3) is 0 Å². The summed E-state index contributed by atoms with van der Waals surface area (Å²) in [6.45, 7) is 2.39. The molecule has 348 valence electrons. The number of phenolic OH excluding ortho intramolecular Hbond substituents is 1. The number of phenols is 1. The number of fused-ring (bicyclic) bond motifs is 1. The number of hydrogen-bond acceptors (Lipinski definition) is 3. The first-order valence-electron chi connectivity index (χ1n) is 30.5. The minimum atomic E-state index is -3.41. The van der Waals surface area contributed by atoms with Crippen molar-refractivity contribution in [1.29, 1.82) is 0 Å². The van der Waals surface area contributed by atoms with E-state index in [0.29, 0.717) is 83.9 Å². The van der Waals surface area contributed by atoms with Gasteiger partial charge in [-0.25, -0.2) is 4.98 Å². The number of nitrogens with zero attached hydrogens (tertiary/aromatic N) is 3. The number of aromatic nitrogens is 3. The third-order valence-corrected chi connectivity index (χ3v) is 13.1. The lowest BCUT2D eigenvalue weighted by molar-refractivity contribution is 0.466. The molecule has 69 heavy (non-hydrogen) atoms. The second kappa shape index (κ2) is 18.8. The van der Waals surface area contributed by atoms with E-state index in [1.165, 1.54) is 24.3 Å². The summed E-state index contributed by atoms with van der Waals surface area (Å²) < 4.78 is 121. The highest BCUT2D eigenvalue weighted by Gasteiger charge is 2.25. The zero-order valence-electron chi connectivity index (χ0n) is 54.5. The Morgan fingerprint density at radius 1 is 0.536 bits per heavy atom. The molecule has 0 amide bonds. The largest absolute Gasteiger partial charge is 0.507 e. The predicted octanol–water partition coefficient (Wildman–Crippen LogP) is 18.2. The van der Waals surface area contributed by atoms with Gasteiger partial charge in [0.15, 0.2) is 0 Å². The monoisotopic (exact) mass is 920 g/mol. The summed E-state index contributed by atoms with van der Waals surface area (Å²) in [7, 11) is 0. The lowest BCUT2D eigenvalue weighted by Crippen LogP contribution is -2.10.